The van der Waals surface area contributed by atoms with Crippen LogP contribution in [0.1, 0.15) is 41.0 Å². The molecule has 3 aliphatic rings. The third-order valence-electron chi connectivity index (χ3n) is 6.62. The molecule has 3 amide bonds. The van der Waals surface area contributed by atoms with Crippen molar-refractivity contribution in [3.05, 3.63) is 65.0 Å². The van der Waals surface area contributed by atoms with Crippen molar-refractivity contribution in [2.24, 2.45) is 5.92 Å². The molecule has 1 unspecified atom stereocenters. The monoisotopic (exact) mass is 484 g/mol. The molecule has 0 saturated carbocycles. The van der Waals surface area contributed by atoms with Crippen LogP contribution in [0.5, 0.6) is 0 Å². The summed E-state index contributed by atoms with van der Waals surface area (Å²) in [7, 11) is 0. The van der Waals surface area contributed by atoms with Gasteiger partial charge in [-0.25, -0.2) is 4.79 Å². The number of fused-ring (bicyclic) bond motifs is 4. The lowest BCUT2D eigenvalue weighted by atomic mass is 9.84. The Morgan fingerprint density at radius 1 is 1.06 bits per heavy atom. The molecule has 33 heavy (non-hydrogen) atoms. The van der Waals surface area contributed by atoms with Gasteiger partial charge in [-0.3, -0.25) is 4.79 Å². The summed E-state index contributed by atoms with van der Waals surface area (Å²) in [4.78, 5) is 28.5. The predicted molar refractivity (Wildman–Crippen MR) is 137 cm³/mol. The zero-order valence-electron chi connectivity index (χ0n) is 18.5. The SMILES string of the molecule is CC(NC(=O)Nc1ccc2cc(C(=O)N[C@H]3CN4CCC3CC4)sc2c1)c1ccccc1.Cl. The zero-order valence-corrected chi connectivity index (χ0v) is 20.2. The van der Waals surface area contributed by atoms with Gasteiger partial charge in [-0.2, -0.15) is 0 Å². The summed E-state index contributed by atoms with van der Waals surface area (Å²) in [6, 6.07) is 17.5. The van der Waals surface area contributed by atoms with Crippen LogP contribution in [0.3, 0.4) is 0 Å². The molecular formula is C25H29ClN4O2S. The number of hydrogen-bond acceptors (Lipinski definition) is 4. The molecule has 3 aromatic rings. The van der Waals surface area contributed by atoms with E-state index in [4.69, 9.17) is 0 Å². The van der Waals surface area contributed by atoms with Gasteiger partial charge >= 0.3 is 6.03 Å². The van der Waals surface area contributed by atoms with Gasteiger partial charge in [0.15, 0.2) is 0 Å². The van der Waals surface area contributed by atoms with E-state index in [1.807, 2.05) is 61.5 Å². The van der Waals surface area contributed by atoms with E-state index >= 15 is 0 Å². The van der Waals surface area contributed by atoms with Crippen LogP contribution in [-0.4, -0.2) is 42.5 Å². The van der Waals surface area contributed by atoms with E-state index in [-0.39, 0.29) is 36.4 Å². The third kappa shape index (κ3) is 5.32. The van der Waals surface area contributed by atoms with Crippen molar-refractivity contribution in [2.45, 2.75) is 31.8 Å². The number of anilines is 1. The maximum Gasteiger partial charge on any atom is 0.319 e. The average molecular weight is 485 g/mol. The fourth-order valence-electron chi connectivity index (χ4n) is 4.78. The number of thiophene rings is 1. The van der Waals surface area contributed by atoms with Gasteiger partial charge in [-0.1, -0.05) is 36.4 Å². The first kappa shape index (κ1) is 23.5. The lowest BCUT2D eigenvalue weighted by Crippen LogP contribution is -2.57. The summed E-state index contributed by atoms with van der Waals surface area (Å²) in [5, 5.41) is 10.1. The Kier molecular flexibility index (Phi) is 7.22. The van der Waals surface area contributed by atoms with Crippen molar-refractivity contribution < 1.29 is 9.59 Å². The Morgan fingerprint density at radius 2 is 1.82 bits per heavy atom. The van der Waals surface area contributed by atoms with Gasteiger partial charge in [0.1, 0.15) is 0 Å². The molecule has 0 spiro atoms. The lowest BCUT2D eigenvalue weighted by molar-refractivity contribution is 0.0622. The molecule has 6 nitrogen and oxygen atoms in total. The van der Waals surface area contributed by atoms with Gasteiger partial charge in [0.2, 0.25) is 0 Å². The number of urea groups is 1. The van der Waals surface area contributed by atoms with E-state index in [1.165, 1.54) is 24.2 Å². The number of carbonyl (C=O) groups is 2. The largest absolute Gasteiger partial charge is 0.347 e. The highest BCUT2D eigenvalue weighted by atomic mass is 35.5. The van der Waals surface area contributed by atoms with Crippen LogP contribution < -0.4 is 16.0 Å². The molecule has 3 N–H and O–H groups in total. The van der Waals surface area contributed by atoms with E-state index in [1.54, 1.807) is 0 Å². The Labute approximate surface area is 204 Å². The van der Waals surface area contributed by atoms with Gasteiger partial charge in [-0.15, -0.1) is 23.7 Å². The highest BCUT2D eigenvalue weighted by Crippen LogP contribution is 2.30. The summed E-state index contributed by atoms with van der Waals surface area (Å²) < 4.78 is 0.984. The number of amides is 3. The molecule has 8 heteroatoms. The number of halogens is 1. The smallest absolute Gasteiger partial charge is 0.319 e. The molecule has 3 saturated heterocycles. The maximum atomic E-state index is 12.9. The standard InChI is InChI=1S/C25H28N4O2S.ClH/c1-16(17-5-3-2-4-6-17)26-25(31)27-20-8-7-19-13-23(32-22(19)14-20)24(30)28-21-15-29-11-9-18(21)10-12-29;/h2-8,13-14,16,18,21H,9-12,15H2,1H3,(H,28,30)(H2,26,27,31);1H/t16?,21-;/m0./s1. The summed E-state index contributed by atoms with van der Waals surface area (Å²) >= 11 is 1.47. The van der Waals surface area contributed by atoms with Crippen LogP contribution in [0, 0.1) is 5.92 Å². The first-order valence-electron chi connectivity index (χ1n) is 11.2. The molecule has 4 heterocycles. The molecule has 174 valence electrons. The number of piperidine rings is 3. The van der Waals surface area contributed by atoms with Crippen LogP contribution in [0.25, 0.3) is 10.1 Å². The molecule has 6 rings (SSSR count). The second-order valence-corrected chi connectivity index (χ2v) is 9.90. The first-order valence-corrected chi connectivity index (χ1v) is 12.1. The van der Waals surface area contributed by atoms with Crippen LogP contribution in [0.4, 0.5) is 10.5 Å². The minimum atomic E-state index is -0.252. The normalized spacial score (nSPS) is 22.3. The molecule has 3 fully saturated rings. The van der Waals surface area contributed by atoms with Crippen molar-refractivity contribution in [1.82, 2.24) is 15.5 Å². The molecule has 0 aliphatic carbocycles. The topological polar surface area (TPSA) is 73.5 Å². The minimum absolute atomic E-state index is 0. The molecule has 0 radical (unpaired) electrons. The second-order valence-electron chi connectivity index (χ2n) is 8.81. The Hall–Kier alpha value is -2.61. The minimum Gasteiger partial charge on any atom is -0.347 e. The number of rotatable bonds is 5. The predicted octanol–water partition coefficient (Wildman–Crippen LogP) is 5.03. The molecular weight excluding hydrogens is 456 g/mol. The Balaban J connectivity index is 0.00000259. The number of nitrogens with zero attached hydrogens (tertiary/aromatic N) is 1. The summed E-state index contributed by atoms with van der Waals surface area (Å²) in [6.45, 7) is 5.24. The van der Waals surface area contributed by atoms with Gasteiger partial charge in [0.05, 0.1) is 10.9 Å². The molecule has 2 bridgehead atoms. The Morgan fingerprint density at radius 3 is 2.52 bits per heavy atom. The van der Waals surface area contributed by atoms with Crippen molar-refractivity contribution >= 4 is 51.5 Å². The number of nitrogens with one attached hydrogen (secondary N) is 3. The van der Waals surface area contributed by atoms with Gasteiger partial charge in [-0.05, 0) is 67.9 Å². The lowest BCUT2D eigenvalue weighted by Gasteiger charge is -2.44. The first-order chi connectivity index (χ1) is 15.5. The fraction of sp³-hybridized carbons (Fsp3) is 0.360. The number of hydrogen-bond donors (Lipinski definition) is 3. The highest BCUT2D eigenvalue weighted by Gasteiger charge is 2.35. The van der Waals surface area contributed by atoms with E-state index in [0.29, 0.717) is 11.6 Å². The van der Waals surface area contributed by atoms with Gasteiger partial charge in [0, 0.05) is 23.0 Å². The molecule has 2 aromatic carbocycles. The quantitative estimate of drug-likeness (QED) is 0.475. The Bertz CT molecular complexity index is 1130. The van der Waals surface area contributed by atoms with E-state index in [2.05, 4.69) is 20.9 Å². The van der Waals surface area contributed by atoms with Crippen molar-refractivity contribution in [3.8, 4) is 0 Å². The summed E-state index contributed by atoms with van der Waals surface area (Å²) in [6.07, 6.45) is 2.36. The summed E-state index contributed by atoms with van der Waals surface area (Å²) in [5.74, 6) is 0.611. The fourth-order valence-corrected chi connectivity index (χ4v) is 5.78. The van der Waals surface area contributed by atoms with E-state index < -0.39 is 0 Å². The van der Waals surface area contributed by atoms with Gasteiger partial charge in [0.25, 0.3) is 5.91 Å². The molecule has 3 aliphatic heterocycles. The average Bonchev–Trinajstić information content (AvgIpc) is 3.24. The third-order valence-corrected chi connectivity index (χ3v) is 7.72. The maximum absolute atomic E-state index is 12.9. The molecule has 2 atom stereocenters. The highest BCUT2D eigenvalue weighted by molar-refractivity contribution is 7.20. The molecule has 1 aromatic heterocycles. The van der Waals surface area contributed by atoms with Crippen LogP contribution in [-0.2, 0) is 0 Å². The zero-order chi connectivity index (χ0) is 22.1. The summed E-state index contributed by atoms with van der Waals surface area (Å²) in [5.41, 5.74) is 1.76. The number of benzene rings is 2. The van der Waals surface area contributed by atoms with Crippen molar-refractivity contribution in [1.29, 1.82) is 0 Å². The van der Waals surface area contributed by atoms with Crippen molar-refractivity contribution in [2.75, 3.05) is 25.0 Å². The van der Waals surface area contributed by atoms with Crippen LogP contribution >= 0.6 is 23.7 Å². The van der Waals surface area contributed by atoms with Gasteiger partial charge < -0.3 is 20.9 Å². The van der Waals surface area contributed by atoms with Crippen LogP contribution in [0.15, 0.2) is 54.6 Å². The van der Waals surface area contributed by atoms with Crippen molar-refractivity contribution in [3.63, 3.8) is 0 Å². The van der Waals surface area contributed by atoms with Crippen LogP contribution in [0.2, 0.25) is 0 Å². The number of carbonyl (C=O) groups excluding carboxylic acids is 2. The van der Waals surface area contributed by atoms with E-state index in [0.717, 1.165) is 40.2 Å². The van der Waals surface area contributed by atoms with E-state index in [9.17, 15) is 9.59 Å². The second kappa shape index (κ2) is 10.1.